The van der Waals surface area contributed by atoms with E-state index in [2.05, 4.69) is 10.1 Å². The number of non-ortho nitro benzene ring substituents is 1. The lowest BCUT2D eigenvalue weighted by molar-refractivity contribution is -0.384. The molecule has 1 aliphatic carbocycles. The predicted molar refractivity (Wildman–Crippen MR) is 79.1 cm³/mol. The van der Waals surface area contributed by atoms with Crippen LogP contribution in [0, 0.1) is 10.1 Å². The van der Waals surface area contributed by atoms with Crippen molar-refractivity contribution in [3.8, 4) is 0 Å². The summed E-state index contributed by atoms with van der Waals surface area (Å²) >= 11 is 0. The van der Waals surface area contributed by atoms with Gasteiger partial charge in [0.25, 0.3) is 5.69 Å². The number of benzene rings is 1. The third kappa shape index (κ3) is 2.99. The van der Waals surface area contributed by atoms with Crippen LogP contribution in [0.25, 0.3) is 0 Å². The van der Waals surface area contributed by atoms with Crippen molar-refractivity contribution >= 4 is 5.69 Å². The number of nitrogens with zero attached hydrogens (tertiary/aromatic N) is 3. The lowest BCUT2D eigenvalue weighted by atomic mass is 9.99. The van der Waals surface area contributed by atoms with Crippen molar-refractivity contribution in [3.05, 3.63) is 51.7 Å². The molecule has 1 heterocycles. The third-order valence-corrected chi connectivity index (χ3v) is 4.16. The first-order chi connectivity index (χ1) is 10.6. The van der Waals surface area contributed by atoms with E-state index in [1.54, 1.807) is 12.1 Å². The van der Waals surface area contributed by atoms with Gasteiger partial charge >= 0.3 is 0 Å². The van der Waals surface area contributed by atoms with Gasteiger partial charge in [0.1, 0.15) is 0 Å². The quantitative estimate of drug-likeness (QED) is 0.671. The van der Waals surface area contributed by atoms with Gasteiger partial charge < -0.3 is 10.3 Å². The zero-order valence-corrected chi connectivity index (χ0v) is 12.2. The molecule has 1 fully saturated rings. The van der Waals surface area contributed by atoms with Crippen molar-refractivity contribution in [2.24, 2.45) is 5.73 Å². The smallest absolute Gasteiger partial charge is 0.269 e. The molecule has 0 amide bonds. The number of nitro groups is 1. The molecule has 2 N–H and O–H groups in total. The minimum atomic E-state index is -0.451. The fourth-order valence-corrected chi connectivity index (χ4v) is 2.86. The molecule has 3 rings (SSSR count). The van der Waals surface area contributed by atoms with Gasteiger partial charge in [-0.05, 0) is 24.8 Å². The maximum Gasteiger partial charge on any atom is 0.269 e. The molecule has 1 aromatic heterocycles. The second kappa shape index (κ2) is 5.84. The largest absolute Gasteiger partial charge is 0.339 e. The van der Waals surface area contributed by atoms with Gasteiger partial charge in [-0.25, -0.2) is 0 Å². The Labute approximate surface area is 127 Å². The van der Waals surface area contributed by atoms with Gasteiger partial charge in [-0.3, -0.25) is 10.1 Å². The van der Waals surface area contributed by atoms with Crippen LogP contribution < -0.4 is 5.73 Å². The van der Waals surface area contributed by atoms with Crippen molar-refractivity contribution < 1.29 is 9.45 Å². The molecule has 0 saturated heterocycles. The Morgan fingerprint density at radius 3 is 2.82 bits per heavy atom. The van der Waals surface area contributed by atoms with Crippen LogP contribution in [0.15, 0.2) is 28.8 Å². The number of aromatic nitrogens is 2. The van der Waals surface area contributed by atoms with Crippen LogP contribution in [0.4, 0.5) is 5.69 Å². The number of hydrogen-bond acceptors (Lipinski definition) is 6. The van der Waals surface area contributed by atoms with E-state index >= 15 is 0 Å². The monoisotopic (exact) mass is 302 g/mol. The van der Waals surface area contributed by atoms with Crippen LogP contribution in [0.3, 0.4) is 0 Å². The van der Waals surface area contributed by atoms with E-state index in [9.17, 15) is 10.1 Å². The molecule has 0 unspecified atom stereocenters. The van der Waals surface area contributed by atoms with Crippen LogP contribution >= 0.6 is 0 Å². The molecule has 0 radical (unpaired) electrons. The van der Waals surface area contributed by atoms with Crippen molar-refractivity contribution in [2.45, 2.75) is 44.1 Å². The van der Waals surface area contributed by atoms with E-state index in [4.69, 9.17) is 10.3 Å². The Morgan fingerprint density at radius 1 is 1.32 bits per heavy atom. The summed E-state index contributed by atoms with van der Waals surface area (Å²) < 4.78 is 5.27. The second-order valence-corrected chi connectivity index (χ2v) is 5.80. The normalized spacial score (nSPS) is 16.8. The lowest BCUT2D eigenvalue weighted by Crippen LogP contribution is -2.34. The number of nitrogens with two attached hydrogens (primary N) is 1. The fourth-order valence-electron chi connectivity index (χ4n) is 2.86. The van der Waals surface area contributed by atoms with Crippen LogP contribution in [0.5, 0.6) is 0 Å². The van der Waals surface area contributed by atoms with Gasteiger partial charge in [0, 0.05) is 18.6 Å². The molecule has 7 heteroatoms. The number of hydrogen-bond donors (Lipinski definition) is 1. The molecular formula is C15H18N4O3. The highest BCUT2D eigenvalue weighted by atomic mass is 16.6. The molecule has 1 aliphatic rings. The molecule has 22 heavy (non-hydrogen) atoms. The summed E-state index contributed by atoms with van der Waals surface area (Å²) in [5.41, 5.74) is 6.81. The number of aryl methyl sites for hydroxylation is 2. The predicted octanol–water partition coefficient (Wildman–Crippen LogP) is 2.49. The first kappa shape index (κ1) is 14.6. The van der Waals surface area contributed by atoms with E-state index in [1.165, 1.54) is 6.07 Å². The molecule has 0 aliphatic heterocycles. The van der Waals surface area contributed by atoms with Crippen molar-refractivity contribution in [1.29, 1.82) is 0 Å². The summed E-state index contributed by atoms with van der Waals surface area (Å²) in [6.45, 7) is 0. The highest BCUT2D eigenvalue weighted by molar-refractivity contribution is 5.34. The van der Waals surface area contributed by atoms with Crippen LogP contribution in [0.1, 0.15) is 43.0 Å². The summed E-state index contributed by atoms with van der Waals surface area (Å²) in [6.07, 6.45) is 5.11. The first-order valence-corrected chi connectivity index (χ1v) is 7.42. The number of nitro benzene ring substituents is 1. The Balaban J connectivity index is 1.66. The molecule has 7 nitrogen and oxygen atoms in total. The Hall–Kier alpha value is -2.28. The molecule has 0 bridgehead atoms. The molecule has 1 saturated carbocycles. The highest BCUT2D eigenvalue weighted by Gasteiger charge is 2.35. The Kier molecular flexibility index (Phi) is 3.89. The minimum Gasteiger partial charge on any atom is -0.339 e. The van der Waals surface area contributed by atoms with Gasteiger partial charge in [-0.1, -0.05) is 30.1 Å². The SMILES string of the molecule is NC1(c2noc(CCc3cccc([N+](=O)[O-])c3)n2)CCCC1. The summed E-state index contributed by atoms with van der Waals surface area (Å²) in [4.78, 5) is 14.8. The summed E-state index contributed by atoms with van der Waals surface area (Å²) in [5, 5.41) is 14.8. The van der Waals surface area contributed by atoms with Gasteiger partial charge in [0.2, 0.25) is 5.89 Å². The summed E-state index contributed by atoms with van der Waals surface area (Å²) in [6, 6.07) is 6.58. The van der Waals surface area contributed by atoms with E-state index in [-0.39, 0.29) is 5.69 Å². The Bertz CT molecular complexity index is 677. The van der Waals surface area contributed by atoms with E-state index in [0.717, 1.165) is 31.2 Å². The van der Waals surface area contributed by atoms with Crippen molar-refractivity contribution in [1.82, 2.24) is 10.1 Å². The van der Waals surface area contributed by atoms with Crippen LogP contribution in [-0.2, 0) is 18.4 Å². The highest BCUT2D eigenvalue weighted by Crippen LogP contribution is 2.34. The van der Waals surface area contributed by atoms with Gasteiger partial charge in [0.15, 0.2) is 5.82 Å². The zero-order valence-electron chi connectivity index (χ0n) is 12.2. The molecule has 1 aromatic carbocycles. The minimum absolute atomic E-state index is 0.0931. The van der Waals surface area contributed by atoms with Gasteiger partial charge in [-0.2, -0.15) is 4.98 Å². The maximum atomic E-state index is 10.8. The summed E-state index contributed by atoms with van der Waals surface area (Å²) in [7, 11) is 0. The molecule has 0 atom stereocenters. The van der Waals surface area contributed by atoms with Gasteiger partial charge in [0.05, 0.1) is 10.5 Å². The molecule has 116 valence electrons. The average molecular weight is 302 g/mol. The Morgan fingerprint density at radius 2 is 2.09 bits per heavy atom. The maximum absolute atomic E-state index is 10.8. The second-order valence-electron chi connectivity index (χ2n) is 5.80. The zero-order chi connectivity index (χ0) is 15.6. The van der Waals surface area contributed by atoms with E-state index < -0.39 is 10.5 Å². The average Bonchev–Trinajstić information content (AvgIpc) is 3.15. The van der Waals surface area contributed by atoms with Gasteiger partial charge in [-0.15, -0.1) is 0 Å². The molecular weight excluding hydrogens is 284 g/mol. The lowest BCUT2D eigenvalue weighted by Gasteiger charge is -2.17. The van der Waals surface area contributed by atoms with Crippen LogP contribution in [-0.4, -0.2) is 15.1 Å². The summed E-state index contributed by atoms with van der Waals surface area (Å²) in [5.74, 6) is 1.11. The number of rotatable bonds is 5. The fraction of sp³-hybridized carbons (Fsp3) is 0.467. The topological polar surface area (TPSA) is 108 Å². The van der Waals surface area contributed by atoms with Crippen LogP contribution in [0.2, 0.25) is 0 Å². The van der Waals surface area contributed by atoms with Crippen molar-refractivity contribution in [2.75, 3.05) is 0 Å². The first-order valence-electron chi connectivity index (χ1n) is 7.42. The van der Waals surface area contributed by atoms with Crippen molar-refractivity contribution in [3.63, 3.8) is 0 Å². The van der Waals surface area contributed by atoms with E-state index in [1.807, 2.05) is 6.07 Å². The molecule has 0 spiro atoms. The van der Waals surface area contributed by atoms with E-state index in [0.29, 0.717) is 24.6 Å². The third-order valence-electron chi connectivity index (χ3n) is 4.16. The molecule has 2 aromatic rings. The standard InChI is InChI=1S/C15H18N4O3/c16-15(8-1-2-9-15)14-17-13(22-18-14)7-6-11-4-3-5-12(10-11)19(20)21/h3-5,10H,1-2,6-9,16H2.